The lowest BCUT2D eigenvalue weighted by Crippen LogP contribution is -2.24. The molecule has 15 heavy (non-hydrogen) atoms. The fourth-order valence-corrected chi connectivity index (χ4v) is 1.65. The number of carbonyl (C=O) groups is 1. The molecule has 0 radical (unpaired) electrons. The van der Waals surface area contributed by atoms with Gasteiger partial charge < -0.3 is 19.4 Å². The Labute approximate surface area is 95.9 Å². The van der Waals surface area contributed by atoms with E-state index < -0.39 is 5.97 Å². The molecular weight excluding hydrogens is 264 g/mol. The molecule has 0 bridgehead atoms. The lowest BCUT2D eigenvalue weighted by atomic mass is 10.1. The molecule has 0 aliphatic rings. The van der Waals surface area contributed by atoms with Crippen molar-refractivity contribution in [2.75, 3.05) is 14.2 Å². The molecule has 1 aromatic carbocycles. The molecular formula is C10H10BrO4-. The summed E-state index contributed by atoms with van der Waals surface area (Å²) in [5.74, 6) is -0.0913. The monoisotopic (exact) mass is 273 g/mol. The molecule has 0 aromatic heterocycles. The SMILES string of the molecule is COc1cc(Br)c(CC(=O)[O-])cc1OC. The van der Waals surface area contributed by atoms with Crippen LogP contribution in [0.1, 0.15) is 5.56 Å². The number of carbonyl (C=O) groups excluding carboxylic acids is 1. The van der Waals surface area contributed by atoms with Crippen molar-refractivity contribution in [1.82, 2.24) is 0 Å². The van der Waals surface area contributed by atoms with Gasteiger partial charge in [-0.05, 0) is 17.7 Å². The second kappa shape index (κ2) is 5.02. The molecule has 4 nitrogen and oxygen atoms in total. The number of benzene rings is 1. The molecule has 0 amide bonds. The lowest BCUT2D eigenvalue weighted by molar-refractivity contribution is -0.304. The van der Waals surface area contributed by atoms with Crippen LogP contribution < -0.4 is 14.6 Å². The minimum Gasteiger partial charge on any atom is -0.550 e. The smallest absolute Gasteiger partial charge is 0.161 e. The number of carboxylic acids is 1. The van der Waals surface area contributed by atoms with Gasteiger partial charge in [0.05, 0.1) is 14.2 Å². The van der Waals surface area contributed by atoms with Gasteiger partial charge in [0.25, 0.3) is 0 Å². The Morgan fingerprint density at radius 3 is 2.33 bits per heavy atom. The molecule has 0 heterocycles. The summed E-state index contributed by atoms with van der Waals surface area (Å²) in [6.45, 7) is 0. The van der Waals surface area contributed by atoms with E-state index in [0.29, 0.717) is 21.5 Å². The fraction of sp³-hybridized carbons (Fsp3) is 0.300. The Morgan fingerprint density at radius 1 is 1.33 bits per heavy atom. The van der Waals surface area contributed by atoms with Crippen molar-refractivity contribution in [3.05, 3.63) is 22.2 Å². The third-order valence-electron chi connectivity index (χ3n) is 1.89. The maximum Gasteiger partial charge on any atom is 0.161 e. The highest BCUT2D eigenvalue weighted by Crippen LogP contribution is 2.33. The molecule has 1 aromatic rings. The van der Waals surface area contributed by atoms with Crippen molar-refractivity contribution in [3.8, 4) is 11.5 Å². The molecule has 1 rings (SSSR count). The number of halogens is 1. The quantitative estimate of drug-likeness (QED) is 0.813. The number of methoxy groups -OCH3 is 2. The topological polar surface area (TPSA) is 58.6 Å². The molecule has 0 spiro atoms. The predicted octanol–water partition coefficient (Wildman–Crippen LogP) is 0.759. The zero-order chi connectivity index (χ0) is 11.4. The van der Waals surface area contributed by atoms with Crippen LogP contribution in [0.25, 0.3) is 0 Å². The van der Waals surface area contributed by atoms with Crippen molar-refractivity contribution in [2.24, 2.45) is 0 Å². The highest BCUT2D eigenvalue weighted by Gasteiger charge is 2.09. The Hall–Kier alpha value is -1.23. The number of hydrogen-bond acceptors (Lipinski definition) is 4. The van der Waals surface area contributed by atoms with E-state index in [0.717, 1.165) is 0 Å². The van der Waals surface area contributed by atoms with E-state index in [1.165, 1.54) is 14.2 Å². The third kappa shape index (κ3) is 2.86. The highest BCUT2D eigenvalue weighted by atomic mass is 79.9. The second-order valence-electron chi connectivity index (χ2n) is 2.85. The van der Waals surface area contributed by atoms with Gasteiger partial charge in [0.2, 0.25) is 0 Å². The van der Waals surface area contributed by atoms with Crippen molar-refractivity contribution in [3.63, 3.8) is 0 Å². The van der Waals surface area contributed by atoms with Gasteiger partial charge in [-0.3, -0.25) is 0 Å². The van der Waals surface area contributed by atoms with Crippen LogP contribution in [-0.4, -0.2) is 20.2 Å². The summed E-state index contributed by atoms with van der Waals surface area (Å²) in [6, 6.07) is 3.27. The summed E-state index contributed by atoms with van der Waals surface area (Å²) in [4.78, 5) is 10.5. The number of ether oxygens (including phenoxy) is 2. The largest absolute Gasteiger partial charge is 0.550 e. The normalized spacial score (nSPS) is 9.80. The van der Waals surface area contributed by atoms with E-state index in [1.54, 1.807) is 12.1 Å². The van der Waals surface area contributed by atoms with Gasteiger partial charge in [-0.2, -0.15) is 0 Å². The zero-order valence-electron chi connectivity index (χ0n) is 8.37. The molecule has 5 heteroatoms. The standard InChI is InChI=1S/C10H11BrO4/c1-14-8-3-6(4-10(12)13)7(11)5-9(8)15-2/h3,5H,4H2,1-2H3,(H,12,13)/p-1. The predicted molar refractivity (Wildman–Crippen MR) is 56.0 cm³/mol. The first-order valence-electron chi connectivity index (χ1n) is 4.18. The summed E-state index contributed by atoms with van der Waals surface area (Å²) < 4.78 is 10.8. The van der Waals surface area contributed by atoms with Gasteiger partial charge in [-0.15, -0.1) is 0 Å². The molecule has 82 valence electrons. The van der Waals surface area contributed by atoms with E-state index >= 15 is 0 Å². The molecule has 0 saturated carbocycles. The Morgan fingerprint density at radius 2 is 1.87 bits per heavy atom. The summed E-state index contributed by atoms with van der Waals surface area (Å²) in [5.41, 5.74) is 0.590. The van der Waals surface area contributed by atoms with Crippen molar-refractivity contribution in [2.45, 2.75) is 6.42 Å². The van der Waals surface area contributed by atoms with Gasteiger partial charge in [0.15, 0.2) is 11.5 Å². The van der Waals surface area contributed by atoms with Crippen LogP contribution in [0.4, 0.5) is 0 Å². The number of carboxylic acid groups (broad SMARTS) is 1. The van der Waals surface area contributed by atoms with E-state index in [4.69, 9.17) is 9.47 Å². The average molecular weight is 274 g/mol. The first-order chi connectivity index (χ1) is 7.08. The van der Waals surface area contributed by atoms with Crippen LogP contribution in [0, 0.1) is 0 Å². The third-order valence-corrected chi connectivity index (χ3v) is 2.63. The summed E-state index contributed by atoms with van der Waals surface area (Å²) in [7, 11) is 3.01. The Bertz CT molecular complexity index is 376. The van der Waals surface area contributed by atoms with E-state index in [9.17, 15) is 9.90 Å². The van der Waals surface area contributed by atoms with Gasteiger partial charge in [-0.1, -0.05) is 15.9 Å². The molecule has 0 aliphatic heterocycles. The minimum atomic E-state index is -1.14. The zero-order valence-corrected chi connectivity index (χ0v) is 9.96. The van der Waals surface area contributed by atoms with Crippen molar-refractivity contribution < 1.29 is 19.4 Å². The summed E-state index contributed by atoms with van der Waals surface area (Å²) >= 11 is 3.25. The van der Waals surface area contributed by atoms with Crippen LogP contribution in [0.5, 0.6) is 11.5 Å². The van der Waals surface area contributed by atoms with Crippen LogP contribution in [0.3, 0.4) is 0 Å². The average Bonchev–Trinajstić information content (AvgIpc) is 2.19. The first kappa shape index (κ1) is 11.8. The van der Waals surface area contributed by atoms with Gasteiger partial charge in [-0.25, -0.2) is 0 Å². The van der Waals surface area contributed by atoms with Gasteiger partial charge >= 0.3 is 0 Å². The minimum absolute atomic E-state index is 0.166. The van der Waals surface area contributed by atoms with Crippen LogP contribution in [-0.2, 0) is 11.2 Å². The van der Waals surface area contributed by atoms with E-state index in [1.807, 2.05) is 0 Å². The van der Waals surface area contributed by atoms with Crippen molar-refractivity contribution in [1.29, 1.82) is 0 Å². The van der Waals surface area contributed by atoms with Crippen LogP contribution in [0.15, 0.2) is 16.6 Å². The summed E-state index contributed by atoms with van der Waals surface area (Å²) in [5, 5.41) is 10.5. The lowest BCUT2D eigenvalue weighted by Gasteiger charge is -2.12. The van der Waals surface area contributed by atoms with Crippen LogP contribution >= 0.6 is 15.9 Å². The molecule has 0 unspecified atom stereocenters. The molecule has 0 aliphatic carbocycles. The van der Waals surface area contributed by atoms with Gasteiger partial charge in [0.1, 0.15) is 0 Å². The molecule has 0 N–H and O–H groups in total. The number of hydrogen-bond donors (Lipinski definition) is 0. The fourth-order valence-electron chi connectivity index (χ4n) is 1.19. The molecule has 0 fully saturated rings. The van der Waals surface area contributed by atoms with E-state index in [-0.39, 0.29) is 6.42 Å². The first-order valence-corrected chi connectivity index (χ1v) is 4.98. The highest BCUT2D eigenvalue weighted by molar-refractivity contribution is 9.10. The molecule has 0 saturated heterocycles. The van der Waals surface area contributed by atoms with E-state index in [2.05, 4.69) is 15.9 Å². The second-order valence-corrected chi connectivity index (χ2v) is 3.70. The van der Waals surface area contributed by atoms with Gasteiger partial charge in [0, 0.05) is 16.9 Å². The van der Waals surface area contributed by atoms with Crippen LogP contribution in [0.2, 0.25) is 0 Å². The number of aliphatic carboxylic acids is 1. The number of rotatable bonds is 4. The Balaban J connectivity index is 3.13. The Kier molecular flexibility index (Phi) is 3.96. The van der Waals surface area contributed by atoms with Crippen molar-refractivity contribution >= 4 is 21.9 Å². The maximum absolute atomic E-state index is 10.5. The maximum atomic E-state index is 10.5. The molecule has 0 atom stereocenters. The summed E-state index contributed by atoms with van der Waals surface area (Å²) in [6.07, 6.45) is -0.166.